The fourth-order valence-electron chi connectivity index (χ4n) is 3.35. The molecule has 3 aromatic carbocycles. The quantitative estimate of drug-likeness (QED) is 0.337. The number of rotatable bonds is 6. The minimum absolute atomic E-state index is 0.218. The molecule has 0 radical (unpaired) electrons. The van der Waals surface area contributed by atoms with Crippen molar-refractivity contribution in [3.8, 4) is 5.75 Å². The van der Waals surface area contributed by atoms with Gasteiger partial charge in [0.15, 0.2) is 0 Å². The summed E-state index contributed by atoms with van der Waals surface area (Å²) in [5.41, 5.74) is 3.66. The van der Waals surface area contributed by atoms with E-state index in [0.717, 1.165) is 22.4 Å². The van der Waals surface area contributed by atoms with Crippen LogP contribution in [0.3, 0.4) is 0 Å². The van der Waals surface area contributed by atoms with Gasteiger partial charge in [0.1, 0.15) is 18.4 Å². The van der Waals surface area contributed by atoms with E-state index in [2.05, 4.69) is 33.0 Å². The fourth-order valence-corrected chi connectivity index (χ4v) is 3.84. The maximum atomic E-state index is 12.2. The van der Waals surface area contributed by atoms with E-state index in [9.17, 15) is 34.9 Å². The summed E-state index contributed by atoms with van der Waals surface area (Å²) in [4.78, 5) is 43.4. The Morgan fingerprint density at radius 1 is 1.00 bits per heavy atom. The van der Waals surface area contributed by atoms with Gasteiger partial charge >= 0.3 is 0 Å². The average Bonchev–Trinajstić information content (AvgIpc) is 3.24. The van der Waals surface area contributed by atoms with Gasteiger partial charge in [-0.2, -0.15) is 0 Å². The molecule has 36 heavy (non-hydrogen) atoms. The monoisotopic (exact) mass is 558 g/mol. The Bertz CT molecular complexity index is 1290. The highest BCUT2D eigenvalue weighted by molar-refractivity contribution is 9.10. The maximum Gasteiger partial charge on any atom is 0.277 e. The number of nitrogens with one attached hydrogen (secondary N) is 1. The molecule has 4 N–H and O–H groups in total. The van der Waals surface area contributed by atoms with Crippen molar-refractivity contribution in [3.05, 3.63) is 108 Å². The number of carboxylic acid groups (broad SMARTS) is 1. The summed E-state index contributed by atoms with van der Waals surface area (Å²) in [6.07, 6.45) is 0. The lowest BCUT2D eigenvalue weighted by Crippen LogP contribution is -2.54. The number of hydrogen-bond donors (Lipinski definition) is 2. The van der Waals surface area contributed by atoms with Gasteiger partial charge in [0.2, 0.25) is 0 Å². The molecule has 13 heteroatoms. The molecule has 0 bridgehead atoms. The van der Waals surface area contributed by atoms with Crippen LogP contribution in [0, 0.1) is 20.2 Å². The second kappa shape index (κ2) is 11.4. The zero-order chi connectivity index (χ0) is 26.4. The molecule has 1 amide bonds. The molecule has 1 aliphatic heterocycles. The van der Waals surface area contributed by atoms with Crippen molar-refractivity contribution in [1.82, 2.24) is 5.32 Å². The normalized spacial score (nSPS) is 14.3. The van der Waals surface area contributed by atoms with Gasteiger partial charge in [0.05, 0.1) is 43.5 Å². The Kier molecular flexibility index (Phi) is 8.30. The molecule has 0 fully saturated rings. The van der Waals surface area contributed by atoms with E-state index < -0.39 is 44.7 Å². The summed E-state index contributed by atoms with van der Waals surface area (Å²) in [6.45, 7) is 0.706. The lowest BCUT2D eigenvalue weighted by atomic mass is 10.1. The largest absolute Gasteiger partial charge is 0.548 e. The number of halogens is 1. The number of hydrogen-bond acceptors (Lipinski definition) is 8. The molecule has 186 valence electrons. The maximum absolute atomic E-state index is 12.2. The summed E-state index contributed by atoms with van der Waals surface area (Å²) < 4.78 is 6.46. The van der Waals surface area contributed by atoms with Crippen molar-refractivity contribution in [1.29, 1.82) is 0 Å². The molecule has 2 atom stereocenters. The number of nitrogens with zero attached hydrogens (tertiary/aromatic N) is 2. The third kappa shape index (κ3) is 6.20. The Morgan fingerprint density at radius 3 is 2.14 bits per heavy atom. The third-order valence-corrected chi connectivity index (χ3v) is 5.72. The van der Waals surface area contributed by atoms with E-state index in [1.165, 1.54) is 17.7 Å². The smallest absolute Gasteiger partial charge is 0.277 e. The van der Waals surface area contributed by atoms with Crippen molar-refractivity contribution in [3.63, 3.8) is 0 Å². The lowest BCUT2D eigenvalue weighted by Gasteiger charge is -2.20. The summed E-state index contributed by atoms with van der Waals surface area (Å²) >= 11 is 3.42. The Labute approximate surface area is 212 Å². The lowest BCUT2D eigenvalue weighted by molar-refractivity contribution is -0.425. The number of carboxylic acids is 1. The number of para-hydroxylation sites is 1. The predicted molar refractivity (Wildman–Crippen MR) is 127 cm³/mol. The van der Waals surface area contributed by atoms with E-state index in [4.69, 9.17) is 4.74 Å². The number of nitro benzene ring substituents is 2. The summed E-state index contributed by atoms with van der Waals surface area (Å²) in [5.74, 6) is -1.66. The number of benzene rings is 3. The second-order valence-corrected chi connectivity index (χ2v) is 8.41. The first-order valence-electron chi connectivity index (χ1n) is 10.3. The van der Waals surface area contributed by atoms with Crippen molar-refractivity contribution >= 4 is 39.2 Å². The topological polar surface area (TPSA) is 192 Å². The molecule has 4 rings (SSSR count). The number of nitro groups is 2. The number of aliphatic carboxylic acids is 1. The Morgan fingerprint density at radius 2 is 1.61 bits per heavy atom. The fraction of sp³-hybridized carbons (Fsp3) is 0.130. The Balaban J connectivity index is 0.000000270. The molecule has 0 spiro atoms. The first kappa shape index (κ1) is 26.2. The van der Waals surface area contributed by atoms with Gasteiger partial charge in [-0.15, -0.1) is 0 Å². The summed E-state index contributed by atoms with van der Waals surface area (Å²) in [7, 11) is 0. The van der Waals surface area contributed by atoms with Gasteiger partial charge in [-0.25, -0.2) is 0 Å². The van der Waals surface area contributed by atoms with Gasteiger partial charge < -0.3 is 25.7 Å². The number of carbonyl (C=O) groups is 2. The summed E-state index contributed by atoms with van der Waals surface area (Å²) in [6, 6.07) is 14.8. The van der Waals surface area contributed by atoms with Crippen LogP contribution in [0.1, 0.15) is 33.6 Å². The highest BCUT2D eigenvalue weighted by Crippen LogP contribution is 2.36. The van der Waals surface area contributed by atoms with Gasteiger partial charge in [-0.1, -0.05) is 36.4 Å². The molecule has 0 saturated heterocycles. The van der Waals surface area contributed by atoms with Crippen molar-refractivity contribution in [2.24, 2.45) is 0 Å². The van der Waals surface area contributed by atoms with Crippen LogP contribution in [0.25, 0.3) is 0 Å². The molecule has 12 nitrogen and oxygen atoms in total. The van der Waals surface area contributed by atoms with Crippen molar-refractivity contribution < 1.29 is 35.0 Å². The van der Waals surface area contributed by atoms with E-state index in [1.807, 2.05) is 12.1 Å². The van der Waals surface area contributed by atoms with Gasteiger partial charge in [0, 0.05) is 12.1 Å². The van der Waals surface area contributed by atoms with Crippen molar-refractivity contribution in [2.75, 3.05) is 6.61 Å². The standard InChI is InChI=1S/C15H11N3O7.C8H8BrNO/c19-14(16-13(15(20)21)9-4-2-1-3-5-9)10-6-11(17(22)23)8-12(7-10)18(24)25;9-6-3-1-2-5-7(10)4-11-8(5)6/h1-8,13H,(H,16,19)(H,20,21);1-3,7H,4,10H2/t13-;7-/m11/s1. The van der Waals surface area contributed by atoms with Gasteiger partial charge in [0.25, 0.3) is 17.3 Å². The number of carbonyl (C=O) groups excluding carboxylic acids is 2. The Hall–Kier alpha value is -4.36. The second-order valence-electron chi connectivity index (χ2n) is 7.55. The average molecular weight is 559 g/mol. The van der Waals surface area contributed by atoms with Crippen LogP contribution in [0.4, 0.5) is 11.4 Å². The molecular formula is C23H19BrN4O8. The number of quaternary nitrogens is 1. The molecule has 0 aliphatic carbocycles. The summed E-state index contributed by atoms with van der Waals surface area (Å²) in [5, 5.41) is 35.1. The minimum atomic E-state index is -1.60. The minimum Gasteiger partial charge on any atom is -0.548 e. The van der Waals surface area contributed by atoms with Crippen molar-refractivity contribution in [2.45, 2.75) is 12.1 Å². The van der Waals surface area contributed by atoms with Crippen LogP contribution in [-0.2, 0) is 4.79 Å². The van der Waals surface area contributed by atoms with Crippen LogP contribution in [0.15, 0.2) is 71.2 Å². The molecule has 0 unspecified atom stereocenters. The zero-order valence-electron chi connectivity index (χ0n) is 18.5. The highest BCUT2D eigenvalue weighted by atomic mass is 79.9. The van der Waals surface area contributed by atoms with Crippen LogP contribution >= 0.6 is 15.9 Å². The van der Waals surface area contributed by atoms with Crippen LogP contribution in [-0.4, -0.2) is 28.3 Å². The van der Waals surface area contributed by atoms with E-state index >= 15 is 0 Å². The first-order valence-corrected chi connectivity index (χ1v) is 11.1. The first-order chi connectivity index (χ1) is 17.1. The number of ether oxygens (including phenoxy) is 1. The SMILES string of the molecule is O=C(N[C@@H](C(=O)[O-])c1ccccc1)c1cc([N+](=O)[O-])cc([N+](=O)[O-])c1.[NH3+][C@@H]1COc2c(Br)cccc21. The van der Waals surface area contributed by atoms with Crippen LogP contribution in [0.2, 0.25) is 0 Å². The molecule has 1 heterocycles. The predicted octanol–water partition coefficient (Wildman–Crippen LogP) is 1.85. The van der Waals surface area contributed by atoms with Gasteiger partial charge in [-0.05, 0) is 33.6 Å². The van der Waals surface area contributed by atoms with Gasteiger partial charge in [-0.3, -0.25) is 25.0 Å². The molecule has 3 aromatic rings. The molecule has 0 aromatic heterocycles. The molecule has 1 aliphatic rings. The zero-order valence-corrected chi connectivity index (χ0v) is 20.0. The number of amides is 1. The number of non-ortho nitro benzene ring substituents is 2. The van der Waals surface area contributed by atoms with E-state index in [0.29, 0.717) is 18.7 Å². The molecule has 0 saturated carbocycles. The number of fused-ring (bicyclic) bond motifs is 1. The van der Waals surface area contributed by atoms with Crippen LogP contribution in [0.5, 0.6) is 5.75 Å². The third-order valence-electron chi connectivity index (χ3n) is 5.10. The van der Waals surface area contributed by atoms with E-state index in [-0.39, 0.29) is 5.56 Å². The molecular weight excluding hydrogens is 540 g/mol. The van der Waals surface area contributed by atoms with Crippen LogP contribution < -0.4 is 20.9 Å². The van der Waals surface area contributed by atoms with E-state index in [1.54, 1.807) is 18.2 Å². The highest BCUT2D eigenvalue weighted by Gasteiger charge is 2.25.